The number of ketones is 5. The fraction of sp³-hybridized carbons (Fsp3) is 0.476. The number of sulfonamides is 1. The molecule has 0 fully saturated rings. The Hall–Kier alpha value is -6.45. The molecule has 99 heavy (non-hydrogen) atoms. The van der Waals surface area contributed by atoms with Gasteiger partial charge in [0.1, 0.15) is 29.9 Å². The maximum Gasteiger partial charge on any atom is 0.305 e. The molecule has 36 heteroatoms. The van der Waals surface area contributed by atoms with Gasteiger partial charge < -0.3 is 56.3 Å². The van der Waals surface area contributed by atoms with Crippen molar-refractivity contribution in [2.75, 3.05) is 10.6 Å². The van der Waals surface area contributed by atoms with E-state index in [1.54, 1.807) is 40.1 Å². The van der Waals surface area contributed by atoms with E-state index in [-0.39, 0.29) is 181 Å². The van der Waals surface area contributed by atoms with Crippen molar-refractivity contribution < 1.29 is 169 Å². The minimum atomic E-state index is -4.04. The Kier molecular flexibility index (Phi) is 37.4. The first-order chi connectivity index (χ1) is 44.7. The van der Waals surface area contributed by atoms with Gasteiger partial charge in [-0.1, -0.05) is 78.9 Å². The van der Waals surface area contributed by atoms with Crippen LogP contribution in [-0.2, 0) is 182 Å². The number of carbonyl (C=O) groups excluding carboxylic acids is 9. The van der Waals surface area contributed by atoms with Gasteiger partial charge >= 0.3 is 5.97 Å². The van der Waals surface area contributed by atoms with Crippen molar-refractivity contribution in [1.82, 2.24) is 60.3 Å². The van der Waals surface area contributed by atoms with Gasteiger partial charge in [-0.25, -0.2) is 23.1 Å². The van der Waals surface area contributed by atoms with Crippen LogP contribution in [0.2, 0.25) is 0 Å². The summed E-state index contributed by atoms with van der Waals surface area (Å²) in [7, 11) is -4.04. The number of Topliss-reactive ketones (excluding diaryl/α,β-unsaturated/α-hetero) is 5. The molecule has 8 N–H and O–H groups in total. The van der Waals surface area contributed by atoms with Crippen molar-refractivity contribution in [3.8, 4) is 5.75 Å². The number of aromatic hydroxyl groups is 1. The molecule has 529 valence electrons. The van der Waals surface area contributed by atoms with Crippen LogP contribution >= 0.6 is 11.3 Å². The van der Waals surface area contributed by atoms with Crippen molar-refractivity contribution >= 4 is 91.9 Å². The SMILES string of the molecule is CC(=O)[C@H](CC(=O)O)NC(=O)c1sc(CNS(=O)(=O)c2ccc(O)c([C-]=O)c2)c(C)c1C.CC[C@@H](C(=O)N[C@@H](CC(C)=O)C(C)=O)n1cc(C(C)(C)C)nc(NCc2c[n-]nn2)c1=O.CC[C@@H](C(=O)N[C@@H](CC(C)=O)C(C)=O)n1cc(C(C)(C)C)nc(NCc2cnoc2)c1=O.[Y].[Y].[Y]. The van der Waals surface area contributed by atoms with E-state index in [1.165, 1.54) is 68.7 Å². The Morgan fingerprint density at radius 3 is 1.57 bits per heavy atom. The topological polar surface area (TPSA) is 453 Å². The molecular weight excluding hydrogens is 1560 g/mol. The molecule has 6 aromatic rings. The van der Waals surface area contributed by atoms with Gasteiger partial charge in [0.05, 0.1) is 53.3 Å². The average Bonchev–Trinajstić information content (AvgIpc) is 0.860. The first-order valence-corrected chi connectivity index (χ1v) is 32.4. The predicted molar refractivity (Wildman–Crippen MR) is 350 cm³/mol. The molecule has 0 saturated heterocycles. The fourth-order valence-electron chi connectivity index (χ4n) is 8.86. The van der Waals surface area contributed by atoms with Gasteiger partial charge in [-0.2, -0.15) is 0 Å². The van der Waals surface area contributed by atoms with Crippen molar-refractivity contribution in [2.45, 2.75) is 202 Å². The summed E-state index contributed by atoms with van der Waals surface area (Å²) < 4.78 is 35.0. The van der Waals surface area contributed by atoms with Gasteiger partial charge in [0.2, 0.25) is 21.8 Å². The first kappa shape index (κ1) is 90.6. The number of hydrogen-bond donors (Lipinski definition) is 8. The van der Waals surface area contributed by atoms with Gasteiger partial charge in [-0.3, -0.25) is 67.1 Å². The third-order valence-electron chi connectivity index (χ3n) is 14.6. The van der Waals surface area contributed by atoms with E-state index in [9.17, 15) is 71.1 Å². The van der Waals surface area contributed by atoms with E-state index in [0.29, 0.717) is 45.9 Å². The van der Waals surface area contributed by atoms with Gasteiger partial charge in [0.25, 0.3) is 17.0 Å². The number of aliphatic carboxylic acids is 1. The van der Waals surface area contributed by atoms with Crippen LogP contribution < -0.4 is 47.5 Å². The number of amides is 3. The number of aromatic nitrogens is 8. The van der Waals surface area contributed by atoms with Gasteiger partial charge in [-0.15, -0.1) is 23.0 Å². The number of rotatable bonds is 30. The number of phenols is 1. The Morgan fingerprint density at radius 2 is 1.17 bits per heavy atom. The number of carbonyl (C=O) groups is 9. The van der Waals surface area contributed by atoms with Crippen LogP contribution in [0.15, 0.2) is 68.3 Å². The predicted octanol–water partition coefficient (Wildman–Crippen LogP) is 4.21. The van der Waals surface area contributed by atoms with Crippen molar-refractivity contribution in [3.05, 3.63) is 119 Å². The second kappa shape index (κ2) is 40.9. The second-order valence-electron chi connectivity index (χ2n) is 24.5. The molecule has 6 rings (SSSR count). The van der Waals surface area contributed by atoms with E-state index in [4.69, 9.17) is 9.63 Å². The molecule has 3 amide bonds. The Balaban J connectivity index is 0.000000731. The molecule has 0 aliphatic rings. The maximum absolute atomic E-state index is 13.2. The number of thiophene rings is 1. The Labute approximate surface area is 652 Å². The van der Waals surface area contributed by atoms with Crippen LogP contribution in [-0.4, -0.2) is 130 Å². The number of carboxylic acid groups (broad SMARTS) is 1. The van der Waals surface area contributed by atoms with E-state index in [1.807, 2.05) is 41.5 Å². The van der Waals surface area contributed by atoms with Gasteiger partial charge in [0, 0.05) is 175 Å². The normalized spacial score (nSPS) is 12.6. The number of nitrogens with one attached hydrogen (secondary N) is 6. The standard InChI is InChI=1S/C22H31N5O5.C21H31N7O4.C20H21N2O8S2.3Y/c1-7-17(20(30)25-16(14(3)29)8-13(2)28)27-11-18(22(4,5)6)26-19(21(27)31)23-9-15-10-24-32-12-15;1-7-16(19(31)24-15(13(3)30)8-12(2)29)28-11-17(21(4,5)6)25-18(20(28)32)22-9-14-10-23-27-26-14;1-10-11(2)19(20(28)22-15(12(3)24)7-18(26)27)31-17(10)8-21-32(29,30)14-4-5-16(25)13(6-14)9-23;;;/h10-12,16-17H,7-9H2,1-6H3,(H,23,26)(H,25,30);10-11,15-16H,7-9H2,1-6H3,(H3,22,23,24,25,26,27,31);4-6,15,21,25H,7-8H2,1-3H3,(H,22,28)(H,26,27);;;/q;;-1;;;/p-1/t16-,17-;15-,16-;15-;;;/m000.../s1. The zero-order chi connectivity index (χ0) is 72.3. The van der Waals surface area contributed by atoms with Gasteiger partial charge in [-0.05, 0) is 78.1 Å². The van der Waals surface area contributed by atoms with Crippen molar-refractivity contribution in [2.24, 2.45) is 0 Å². The number of benzene rings is 1. The largest absolute Gasteiger partial charge is 0.565 e. The summed E-state index contributed by atoms with van der Waals surface area (Å²) in [6, 6.07) is -1.62. The van der Waals surface area contributed by atoms with Crippen LogP contribution in [0.1, 0.15) is 188 Å². The average molecular weight is 1640 g/mol. The molecule has 0 aliphatic carbocycles. The third-order valence-corrected chi connectivity index (χ3v) is 17.4. The summed E-state index contributed by atoms with van der Waals surface area (Å²) in [6.45, 7) is 25.4. The number of phenolic OH excluding ortho intramolecular Hbond substituents is 1. The molecule has 0 saturated carbocycles. The molecular formula is C63H82N14O17S2Y3-2. The minimum absolute atomic E-state index is 0. The molecule has 3 radical (unpaired) electrons. The Morgan fingerprint density at radius 1 is 0.697 bits per heavy atom. The summed E-state index contributed by atoms with van der Waals surface area (Å²) in [6.07, 6.45) is 8.90. The number of nitrogens with zero attached hydrogens (tertiary/aromatic N) is 8. The first-order valence-electron chi connectivity index (χ1n) is 30.1. The van der Waals surface area contributed by atoms with Crippen molar-refractivity contribution in [3.63, 3.8) is 0 Å². The smallest absolute Gasteiger partial charge is 0.305 e. The summed E-state index contributed by atoms with van der Waals surface area (Å²) in [5.41, 5.74) is 1.67. The molecule has 5 atom stereocenters. The number of anilines is 2. The van der Waals surface area contributed by atoms with Crippen LogP contribution in [0.3, 0.4) is 0 Å². The molecule has 5 aromatic heterocycles. The molecule has 1 aromatic carbocycles. The van der Waals surface area contributed by atoms with Crippen LogP contribution in [0, 0.1) is 13.8 Å². The van der Waals surface area contributed by atoms with E-state index in [2.05, 4.69) is 61.8 Å². The molecule has 0 spiro atoms. The molecule has 0 unspecified atom stereocenters. The van der Waals surface area contributed by atoms with E-state index in [0.717, 1.165) is 35.1 Å². The maximum atomic E-state index is 13.2. The zero-order valence-electron chi connectivity index (χ0n) is 57.8. The molecule has 0 aliphatic heterocycles. The van der Waals surface area contributed by atoms with E-state index >= 15 is 0 Å². The summed E-state index contributed by atoms with van der Waals surface area (Å²) in [4.78, 5) is 155. The summed E-state index contributed by atoms with van der Waals surface area (Å²) in [5.74, 6) is -4.70. The summed E-state index contributed by atoms with van der Waals surface area (Å²) >= 11 is 1.01. The number of carboxylic acids is 1. The molecule has 0 bridgehead atoms. The monoisotopic (exact) mass is 1640 g/mol. The second-order valence-corrected chi connectivity index (χ2v) is 27.4. The molecule has 5 heterocycles. The van der Waals surface area contributed by atoms with Gasteiger partial charge in [0.15, 0.2) is 29.0 Å². The molecule has 31 nitrogen and oxygen atoms in total. The minimum Gasteiger partial charge on any atom is -0.565 e. The third kappa shape index (κ3) is 27.1. The van der Waals surface area contributed by atoms with Crippen LogP contribution in [0.5, 0.6) is 5.75 Å². The quantitative estimate of drug-likeness (QED) is 0.0293. The number of hydrogen-bond acceptors (Lipinski definition) is 24. The van der Waals surface area contributed by atoms with Crippen molar-refractivity contribution in [1.29, 1.82) is 0 Å². The Bertz CT molecular complexity index is 3910. The fourth-order valence-corrected chi connectivity index (χ4v) is 11.1. The van der Waals surface area contributed by atoms with Crippen LogP contribution in [0.25, 0.3) is 0 Å². The zero-order valence-corrected chi connectivity index (χ0v) is 68.0. The summed E-state index contributed by atoms with van der Waals surface area (Å²) in [5, 5.41) is 46.6. The van der Waals surface area contributed by atoms with Crippen LogP contribution in [0.4, 0.5) is 11.6 Å². The van der Waals surface area contributed by atoms with E-state index < -0.39 is 104 Å².